The van der Waals surface area contributed by atoms with E-state index in [4.69, 9.17) is 4.84 Å². The molecule has 0 unspecified atom stereocenters. The number of aryl methyl sites for hydroxylation is 3. The maximum Gasteiger partial charge on any atom is 0.256 e. The third-order valence-corrected chi connectivity index (χ3v) is 4.68. The minimum Gasteiger partial charge on any atom is -0.334 e. The van der Waals surface area contributed by atoms with Gasteiger partial charge >= 0.3 is 0 Å². The number of carbonyl (C=O) groups is 1. The van der Waals surface area contributed by atoms with Gasteiger partial charge in [-0.1, -0.05) is 11.6 Å². The highest BCUT2D eigenvalue weighted by Crippen LogP contribution is 2.19. The molecule has 0 saturated carbocycles. The maximum atomic E-state index is 13.3. The molecule has 30 heavy (non-hydrogen) atoms. The first-order valence-electron chi connectivity index (χ1n) is 9.50. The Labute approximate surface area is 181 Å². The summed E-state index contributed by atoms with van der Waals surface area (Å²) < 4.78 is 0. The summed E-state index contributed by atoms with van der Waals surface area (Å²) in [5, 5.41) is 10.0. The van der Waals surface area contributed by atoms with Gasteiger partial charge in [0.1, 0.15) is 0 Å². The molecule has 10 heteroatoms. The van der Waals surface area contributed by atoms with E-state index in [1.54, 1.807) is 22.4 Å². The number of halogens is 1. The number of aromatic nitrogens is 5. The molecule has 1 saturated heterocycles. The van der Waals surface area contributed by atoms with E-state index in [0.717, 1.165) is 17.0 Å². The second kappa shape index (κ2) is 9.19. The number of hydroxylamine groups is 1. The van der Waals surface area contributed by atoms with Crippen molar-refractivity contribution in [2.75, 3.05) is 31.3 Å². The van der Waals surface area contributed by atoms with Gasteiger partial charge in [-0.3, -0.25) is 9.63 Å². The summed E-state index contributed by atoms with van der Waals surface area (Å²) in [6.45, 7) is 7.62. The van der Waals surface area contributed by atoms with Crippen LogP contribution >= 0.6 is 12.4 Å². The van der Waals surface area contributed by atoms with Crippen LogP contribution in [0.1, 0.15) is 27.3 Å². The fraction of sp³-hybridized carbons (Fsp3) is 0.350. The molecule has 9 nitrogen and oxygen atoms in total. The number of amides is 1. The molecule has 0 aliphatic carbocycles. The Bertz CT molecular complexity index is 1010. The first-order valence-corrected chi connectivity index (χ1v) is 9.50. The Balaban J connectivity index is 0.00000256. The molecule has 0 spiro atoms. The summed E-state index contributed by atoms with van der Waals surface area (Å²) in [7, 11) is 0. The summed E-state index contributed by atoms with van der Waals surface area (Å²) in [4.78, 5) is 31.3. The van der Waals surface area contributed by atoms with Crippen LogP contribution in [0.4, 0.5) is 5.95 Å². The Morgan fingerprint density at radius 3 is 2.37 bits per heavy atom. The average Bonchev–Trinajstić information content (AvgIpc) is 3.10. The van der Waals surface area contributed by atoms with Crippen LogP contribution < -0.4 is 5.06 Å². The van der Waals surface area contributed by atoms with E-state index in [1.165, 1.54) is 4.80 Å². The molecule has 0 N–H and O–H groups in total. The average molecular weight is 430 g/mol. The van der Waals surface area contributed by atoms with E-state index in [9.17, 15) is 4.79 Å². The molecule has 4 rings (SSSR count). The fourth-order valence-electron chi connectivity index (χ4n) is 3.33. The third-order valence-electron chi connectivity index (χ3n) is 4.68. The number of nitrogens with zero attached hydrogens (tertiary/aromatic N) is 7. The van der Waals surface area contributed by atoms with Gasteiger partial charge in [0.2, 0.25) is 5.95 Å². The number of rotatable bonds is 3. The standard InChI is InChI=1S/C20H23N7O2.ClH/c1-14-4-5-18(27-21-6-7-22-27)17(12-14)19(28)25-8-9-26(29-11-10-25)20-23-15(2)13-16(3)24-20;/h4-7,12-13H,8-11H2,1-3H3;1H. The lowest BCUT2D eigenvalue weighted by atomic mass is 10.1. The van der Waals surface area contributed by atoms with Crippen molar-refractivity contribution < 1.29 is 9.63 Å². The van der Waals surface area contributed by atoms with Crippen LogP contribution in [-0.2, 0) is 4.84 Å². The lowest BCUT2D eigenvalue weighted by Crippen LogP contribution is -2.36. The second-order valence-corrected chi connectivity index (χ2v) is 7.02. The predicted molar refractivity (Wildman–Crippen MR) is 114 cm³/mol. The van der Waals surface area contributed by atoms with Crippen LogP contribution in [0.25, 0.3) is 5.69 Å². The zero-order chi connectivity index (χ0) is 20.4. The maximum absolute atomic E-state index is 13.3. The van der Waals surface area contributed by atoms with Gasteiger partial charge in [-0.25, -0.2) is 15.0 Å². The molecule has 0 atom stereocenters. The van der Waals surface area contributed by atoms with Crippen molar-refractivity contribution in [2.24, 2.45) is 0 Å². The highest BCUT2D eigenvalue weighted by molar-refractivity contribution is 5.98. The summed E-state index contributed by atoms with van der Waals surface area (Å²) in [5.41, 5.74) is 3.98. The van der Waals surface area contributed by atoms with Crippen molar-refractivity contribution in [3.8, 4) is 5.69 Å². The van der Waals surface area contributed by atoms with E-state index in [1.807, 2.05) is 45.0 Å². The highest BCUT2D eigenvalue weighted by atomic mass is 35.5. The largest absolute Gasteiger partial charge is 0.334 e. The molecule has 3 aromatic rings. The molecule has 1 amide bonds. The van der Waals surface area contributed by atoms with Crippen LogP contribution in [0, 0.1) is 20.8 Å². The first kappa shape index (κ1) is 21.7. The van der Waals surface area contributed by atoms with Crippen LogP contribution in [0.2, 0.25) is 0 Å². The van der Waals surface area contributed by atoms with Gasteiger partial charge in [-0.2, -0.15) is 15.0 Å². The minimum atomic E-state index is -0.0761. The van der Waals surface area contributed by atoms with Crippen molar-refractivity contribution >= 4 is 24.3 Å². The van der Waals surface area contributed by atoms with Gasteiger partial charge in [-0.05, 0) is 39.0 Å². The van der Waals surface area contributed by atoms with E-state index in [2.05, 4.69) is 20.2 Å². The SMILES string of the molecule is Cc1ccc(-n2nccn2)c(C(=O)N2CCON(c3nc(C)cc(C)n3)CC2)c1.Cl. The number of anilines is 1. The minimum absolute atomic E-state index is 0. The number of benzene rings is 1. The van der Waals surface area contributed by atoms with Gasteiger partial charge in [0.05, 0.1) is 36.8 Å². The van der Waals surface area contributed by atoms with Gasteiger partial charge in [0.15, 0.2) is 0 Å². The van der Waals surface area contributed by atoms with Crippen molar-refractivity contribution in [2.45, 2.75) is 20.8 Å². The van der Waals surface area contributed by atoms with Crippen LogP contribution in [-0.4, -0.2) is 62.0 Å². The van der Waals surface area contributed by atoms with Crippen molar-refractivity contribution in [1.29, 1.82) is 0 Å². The van der Waals surface area contributed by atoms with E-state index in [0.29, 0.717) is 43.4 Å². The smallest absolute Gasteiger partial charge is 0.256 e. The van der Waals surface area contributed by atoms with Crippen molar-refractivity contribution in [1.82, 2.24) is 29.9 Å². The molecule has 158 valence electrons. The Morgan fingerprint density at radius 1 is 0.967 bits per heavy atom. The molecule has 2 aromatic heterocycles. The zero-order valence-corrected chi connectivity index (χ0v) is 18.0. The lowest BCUT2D eigenvalue weighted by molar-refractivity contribution is 0.0729. The number of hydrogen-bond donors (Lipinski definition) is 0. The molecular weight excluding hydrogens is 406 g/mol. The Hall–Kier alpha value is -3.04. The van der Waals surface area contributed by atoms with Crippen molar-refractivity contribution in [3.63, 3.8) is 0 Å². The van der Waals surface area contributed by atoms with Crippen LogP contribution in [0.3, 0.4) is 0 Å². The fourth-order valence-corrected chi connectivity index (χ4v) is 3.33. The molecule has 1 aromatic carbocycles. The lowest BCUT2D eigenvalue weighted by Gasteiger charge is -2.22. The second-order valence-electron chi connectivity index (χ2n) is 7.02. The molecule has 0 radical (unpaired) electrons. The first-order chi connectivity index (χ1) is 14.0. The van der Waals surface area contributed by atoms with E-state index < -0.39 is 0 Å². The number of hydrogen-bond acceptors (Lipinski definition) is 7. The predicted octanol–water partition coefficient (Wildman–Crippen LogP) is 2.30. The molecule has 1 aliphatic heterocycles. The van der Waals surface area contributed by atoms with Gasteiger partial charge in [0.25, 0.3) is 5.91 Å². The normalized spacial score (nSPS) is 14.2. The zero-order valence-electron chi connectivity index (χ0n) is 17.1. The summed E-state index contributed by atoms with van der Waals surface area (Å²) in [6.07, 6.45) is 3.19. The Morgan fingerprint density at radius 2 is 1.67 bits per heavy atom. The molecule has 1 fully saturated rings. The molecule has 0 bridgehead atoms. The topological polar surface area (TPSA) is 89.3 Å². The van der Waals surface area contributed by atoms with E-state index in [-0.39, 0.29) is 18.3 Å². The Kier molecular flexibility index (Phi) is 6.63. The molecule has 3 heterocycles. The monoisotopic (exact) mass is 429 g/mol. The molecular formula is C20H24ClN7O2. The summed E-state index contributed by atoms with van der Waals surface area (Å²) >= 11 is 0. The van der Waals surface area contributed by atoms with Gasteiger partial charge < -0.3 is 4.90 Å². The quantitative estimate of drug-likeness (QED) is 0.631. The number of carbonyl (C=O) groups excluding carboxylic acids is 1. The van der Waals surface area contributed by atoms with Crippen LogP contribution in [0.5, 0.6) is 0 Å². The van der Waals surface area contributed by atoms with Crippen molar-refractivity contribution in [3.05, 3.63) is 59.2 Å². The third kappa shape index (κ3) is 4.58. The summed E-state index contributed by atoms with van der Waals surface area (Å²) in [6, 6.07) is 7.60. The molecule has 1 aliphatic rings. The summed E-state index contributed by atoms with van der Waals surface area (Å²) in [5.74, 6) is 0.446. The highest BCUT2D eigenvalue weighted by Gasteiger charge is 2.25. The van der Waals surface area contributed by atoms with Gasteiger partial charge in [-0.15, -0.1) is 12.4 Å². The van der Waals surface area contributed by atoms with E-state index >= 15 is 0 Å². The van der Waals surface area contributed by atoms with Crippen LogP contribution in [0.15, 0.2) is 36.7 Å². The van der Waals surface area contributed by atoms with Gasteiger partial charge in [0, 0.05) is 24.5 Å².